The molecule has 0 aliphatic carbocycles. The molecule has 5 heteroatoms. The molecule has 4 atom stereocenters. The van der Waals surface area contributed by atoms with Crippen LogP contribution in [0.15, 0.2) is 12.2 Å². The van der Waals surface area contributed by atoms with E-state index in [0.717, 1.165) is 19.3 Å². The first-order valence-electron chi connectivity index (χ1n) is 10.6. The number of aliphatic hydroxyl groups is 3. The molecule has 26 heavy (non-hydrogen) atoms. The monoisotopic (exact) mass is 372 g/mol. The third-order valence-electron chi connectivity index (χ3n) is 4.95. The van der Waals surface area contributed by atoms with Gasteiger partial charge < -0.3 is 24.8 Å². The Morgan fingerprint density at radius 2 is 1.62 bits per heavy atom. The van der Waals surface area contributed by atoms with Gasteiger partial charge in [0.1, 0.15) is 24.4 Å². The van der Waals surface area contributed by atoms with Gasteiger partial charge in [-0.15, -0.1) is 0 Å². The molecular formula is C21H40O5. The Morgan fingerprint density at radius 3 is 2.27 bits per heavy atom. The minimum absolute atomic E-state index is 0.147. The Labute approximate surface area is 159 Å². The maximum absolute atomic E-state index is 9.85. The maximum Gasteiger partial charge on any atom is 0.114 e. The first-order chi connectivity index (χ1) is 12.7. The number of unbranched alkanes of at least 4 members (excludes halogenated alkanes) is 9. The van der Waals surface area contributed by atoms with E-state index >= 15 is 0 Å². The molecule has 0 amide bonds. The first kappa shape index (κ1) is 23.6. The molecule has 0 aromatic rings. The number of allylic oxidation sites excluding steroid dienone is 2. The Morgan fingerprint density at radius 1 is 1.00 bits per heavy atom. The fraction of sp³-hybridized carbons (Fsp3) is 0.905. The molecule has 154 valence electrons. The van der Waals surface area contributed by atoms with E-state index in [1.807, 2.05) is 0 Å². The van der Waals surface area contributed by atoms with Crippen LogP contribution in [-0.4, -0.2) is 59.6 Å². The largest absolute Gasteiger partial charge is 0.394 e. The van der Waals surface area contributed by atoms with Gasteiger partial charge in [-0.3, -0.25) is 0 Å². The Balaban J connectivity index is 1.95. The fourth-order valence-electron chi connectivity index (χ4n) is 3.30. The molecule has 5 nitrogen and oxygen atoms in total. The highest BCUT2D eigenvalue weighted by Gasteiger charge is 2.40. The smallest absolute Gasteiger partial charge is 0.114 e. The number of hydrogen-bond acceptors (Lipinski definition) is 5. The summed E-state index contributed by atoms with van der Waals surface area (Å²) >= 11 is 0. The molecule has 1 heterocycles. The van der Waals surface area contributed by atoms with Crippen molar-refractivity contribution in [2.75, 3.05) is 19.8 Å². The van der Waals surface area contributed by atoms with Gasteiger partial charge in [0.2, 0.25) is 0 Å². The van der Waals surface area contributed by atoms with E-state index in [1.165, 1.54) is 51.4 Å². The van der Waals surface area contributed by atoms with Crippen molar-refractivity contribution in [3.63, 3.8) is 0 Å². The number of ether oxygens (including phenoxy) is 2. The van der Waals surface area contributed by atoms with Gasteiger partial charge in [0, 0.05) is 6.61 Å². The first-order valence-corrected chi connectivity index (χ1v) is 10.6. The van der Waals surface area contributed by atoms with Crippen LogP contribution in [0.1, 0.15) is 77.6 Å². The Kier molecular flexibility index (Phi) is 14.1. The van der Waals surface area contributed by atoms with Crippen molar-refractivity contribution in [2.24, 2.45) is 0 Å². The van der Waals surface area contributed by atoms with Crippen LogP contribution in [0.5, 0.6) is 0 Å². The van der Waals surface area contributed by atoms with Gasteiger partial charge in [-0.05, 0) is 32.1 Å². The molecule has 1 aliphatic heterocycles. The summed E-state index contributed by atoms with van der Waals surface area (Å²) in [5, 5.41) is 28.6. The predicted molar refractivity (Wildman–Crippen MR) is 104 cm³/mol. The Hall–Kier alpha value is -0.460. The van der Waals surface area contributed by atoms with Gasteiger partial charge in [0.05, 0.1) is 13.2 Å². The Bertz CT molecular complexity index is 347. The number of aliphatic hydroxyl groups excluding tert-OH is 3. The molecule has 0 radical (unpaired) electrons. The SMILES string of the molecule is CCCCCCCCC/C=C/CCCCO[C@H]1[C@@H]([C@H](O)CO)OC[C@@H]1O. The second-order valence-corrected chi connectivity index (χ2v) is 7.33. The lowest BCUT2D eigenvalue weighted by molar-refractivity contribution is -0.0937. The van der Waals surface area contributed by atoms with E-state index < -0.39 is 24.4 Å². The van der Waals surface area contributed by atoms with Crippen molar-refractivity contribution < 1.29 is 24.8 Å². The second-order valence-electron chi connectivity index (χ2n) is 7.33. The second kappa shape index (κ2) is 15.6. The minimum atomic E-state index is -1.01. The normalized spacial score (nSPS) is 24.5. The molecule has 0 unspecified atom stereocenters. The summed E-state index contributed by atoms with van der Waals surface area (Å²) in [6.45, 7) is 2.54. The third kappa shape index (κ3) is 10.0. The molecule has 1 saturated heterocycles. The van der Waals surface area contributed by atoms with Gasteiger partial charge in [-0.2, -0.15) is 0 Å². The van der Waals surface area contributed by atoms with E-state index in [1.54, 1.807) is 0 Å². The average Bonchev–Trinajstić information content (AvgIpc) is 3.02. The molecule has 0 aromatic carbocycles. The van der Waals surface area contributed by atoms with Crippen LogP contribution in [-0.2, 0) is 9.47 Å². The van der Waals surface area contributed by atoms with E-state index in [-0.39, 0.29) is 13.2 Å². The van der Waals surface area contributed by atoms with E-state index in [4.69, 9.17) is 14.6 Å². The predicted octanol–water partition coefficient (Wildman–Crippen LogP) is 3.35. The molecular weight excluding hydrogens is 332 g/mol. The summed E-state index contributed by atoms with van der Waals surface area (Å²) < 4.78 is 11.0. The zero-order valence-corrected chi connectivity index (χ0v) is 16.5. The van der Waals surface area contributed by atoms with E-state index in [9.17, 15) is 10.2 Å². The van der Waals surface area contributed by atoms with Crippen molar-refractivity contribution in [3.05, 3.63) is 12.2 Å². The van der Waals surface area contributed by atoms with Gasteiger partial charge in [0.25, 0.3) is 0 Å². The number of rotatable bonds is 16. The minimum Gasteiger partial charge on any atom is -0.394 e. The van der Waals surface area contributed by atoms with Crippen molar-refractivity contribution in [1.82, 2.24) is 0 Å². The van der Waals surface area contributed by atoms with Crippen LogP contribution >= 0.6 is 0 Å². The summed E-state index contributed by atoms with van der Waals surface area (Å²) in [5.41, 5.74) is 0. The molecule has 0 aromatic heterocycles. The third-order valence-corrected chi connectivity index (χ3v) is 4.95. The molecule has 1 rings (SSSR count). The maximum atomic E-state index is 9.85. The number of hydrogen-bond donors (Lipinski definition) is 3. The standard InChI is InChI=1S/C21H40O5/c1-2-3-4-5-6-7-8-9-10-11-12-13-14-15-25-21-19(24)17-26-20(21)18(23)16-22/h10-11,18-24H,2-9,12-17H2,1H3/b11-10+/t18-,19+,20-,21-/m1/s1. The highest BCUT2D eigenvalue weighted by atomic mass is 16.6. The summed E-state index contributed by atoms with van der Waals surface area (Å²) in [6.07, 6.45) is 15.2. The topological polar surface area (TPSA) is 79.2 Å². The molecule has 0 saturated carbocycles. The lowest BCUT2D eigenvalue weighted by Gasteiger charge is -2.23. The zero-order chi connectivity index (χ0) is 19.0. The van der Waals surface area contributed by atoms with Crippen LogP contribution in [0.3, 0.4) is 0 Å². The summed E-state index contributed by atoms with van der Waals surface area (Å²) in [4.78, 5) is 0. The molecule has 1 fully saturated rings. The van der Waals surface area contributed by atoms with E-state index in [2.05, 4.69) is 19.1 Å². The van der Waals surface area contributed by atoms with Crippen molar-refractivity contribution in [3.8, 4) is 0 Å². The molecule has 0 bridgehead atoms. The van der Waals surface area contributed by atoms with Crippen molar-refractivity contribution in [2.45, 2.75) is 102 Å². The highest BCUT2D eigenvalue weighted by Crippen LogP contribution is 2.21. The van der Waals surface area contributed by atoms with Crippen LogP contribution in [0.25, 0.3) is 0 Å². The van der Waals surface area contributed by atoms with Crippen LogP contribution in [0.2, 0.25) is 0 Å². The van der Waals surface area contributed by atoms with Crippen LogP contribution in [0, 0.1) is 0 Å². The summed E-state index contributed by atoms with van der Waals surface area (Å²) in [5.74, 6) is 0. The van der Waals surface area contributed by atoms with E-state index in [0.29, 0.717) is 6.61 Å². The quantitative estimate of drug-likeness (QED) is 0.286. The van der Waals surface area contributed by atoms with Gasteiger partial charge >= 0.3 is 0 Å². The lowest BCUT2D eigenvalue weighted by atomic mass is 10.1. The molecule has 1 aliphatic rings. The average molecular weight is 373 g/mol. The molecule has 3 N–H and O–H groups in total. The highest BCUT2D eigenvalue weighted by molar-refractivity contribution is 4.89. The van der Waals surface area contributed by atoms with Crippen LogP contribution in [0.4, 0.5) is 0 Å². The van der Waals surface area contributed by atoms with Gasteiger partial charge in [-0.1, -0.05) is 57.6 Å². The van der Waals surface area contributed by atoms with Crippen LogP contribution < -0.4 is 0 Å². The van der Waals surface area contributed by atoms with Gasteiger partial charge in [0.15, 0.2) is 0 Å². The van der Waals surface area contributed by atoms with Crippen molar-refractivity contribution in [1.29, 1.82) is 0 Å². The molecule has 0 spiro atoms. The van der Waals surface area contributed by atoms with Gasteiger partial charge in [-0.25, -0.2) is 0 Å². The summed E-state index contributed by atoms with van der Waals surface area (Å²) in [7, 11) is 0. The van der Waals surface area contributed by atoms with Crippen molar-refractivity contribution >= 4 is 0 Å². The summed E-state index contributed by atoms with van der Waals surface area (Å²) in [6, 6.07) is 0. The lowest BCUT2D eigenvalue weighted by Crippen LogP contribution is -2.42. The zero-order valence-electron chi connectivity index (χ0n) is 16.5. The fourth-order valence-corrected chi connectivity index (χ4v) is 3.30.